The second-order valence-corrected chi connectivity index (χ2v) is 6.49. The third kappa shape index (κ3) is 5.16. The van der Waals surface area contributed by atoms with Crippen LogP contribution in [0.4, 0.5) is 0 Å². The average molecular weight is 291 g/mol. The molecule has 0 spiro atoms. The number of hydrogen-bond acceptors (Lipinski definition) is 4. The molecule has 0 fully saturated rings. The van der Waals surface area contributed by atoms with E-state index in [1.54, 1.807) is 18.2 Å². The van der Waals surface area contributed by atoms with Crippen molar-refractivity contribution in [3.05, 3.63) is 34.9 Å². The highest BCUT2D eigenvalue weighted by molar-refractivity contribution is 7.92. The number of Topliss-reactive ketones (excluding diaryl/α,β-unsaturated/α-hetero) is 1. The van der Waals surface area contributed by atoms with E-state index in [0.29, 0.717) is 23.6 Å². The van der Waals surface area contributed by atoms with Gasteiger partial charge in [-0.15, -0.1) is 0 Å². The summed E-state index contributed by atoms with van der Waals surface area (Å²) in [6, 6.07) is 6.27. The summed E-state index contributed by atoms with van der Waals surface area (Å²) in [4.78, 5) is 11.8. The van der Waals surface area contributed by atoms with Crippen LogP contribution in [0.2, 0.25) is 5.02 Å². The summed E-state index contributed by atoms with van der Waals surface area (Å²) in [6.07, 6.45) is 0.391. The van der Waals surface area contributed by atoms with Crippen molar-refractivity contribution in [3.8, 4) is 0 Å². The first-order valence-corrected chi connectivity index (χ1v) is 7.62. The van der Waals surface area contributed by atoms with Gasteiger partial charge in [-0.05, 0) is 18.6 Å². The van der Waals surface area contributed by atoms with Crippen LogP contribution in [0.1, 0.15) is 16.8 Å². The van der Waals surface area contributed by atoms with Crippen LogP contribution in [0.25, 0.3) is 0 Å². The monoisotopic (exact) mass is 290 g/mol. The van der Waals surface area contributed by atoms with Crippen molar-refractivity contribution in [1.82, 2.24) is 0 Å². The van der Waals surface area contributed by atoms with Crippen molar-refractivity contribution in [2.24, 2.45) is 0 Å². The highest BCUT2D eigenvalue weighted by Crippen LogP contribution is 2.12. The van der Waals surface area contributed by atoms with E-state index in [4.69, 9.17) is 16.3 Å². The second kappa shape index (κ2) is 6.87. The maximum atomic E-state index is 11.8. The molecule has 0 unspecified atom stereocenters. The first-order valence-electron chi connectivity index (χ1n) is 5.43. The number of carbonyl (C=O) groups is 1. The Hall–Kier alpha value is -0.910. The first-order chi connectivity index (χ1) is 8.44. The summed E-state index contributed by atoms with van der Waals surface area (Å²) in [7, 11) is -1.88. The van der Waals surface area contributed by atoms with Gasteiger partial charge in [0.25, 0.3) is 0 Å². The fraction of sp³-hybridized carbons (Fsp3) is 0.417. The smallest absolute Gasteiger partial charge is 0.177 e. The van der Waals surface area contributed by atoms with Crippen LogP contribution in [0.3, 0.4) is 0 Å². The molecule has 4 nitrogen and oxygen atoms in total. The Bertz CT molecular complexity index is 511. The molecule has 6 heteroatoms. The Balaban J connectivity index is 2.64. The molecule has 1 aromatic carbocycles. The summed E-state index contributed by atoms with van der Waals surface area (Å²) < 4.78 is 28.1. The lowest BCUT2D eigenvalue weighted by molar-refractivity contribution is 0.102. The Labute approximate surface area is 112 Å². The molecule has 0 radical (unpaired) electrons. The zero-order valence-corrected chi connectivity index (χ0v) is 11.6. The average Bonchev–Trinajstić information content (AvgIpc) is 2.28. The van der Waals surface area contributed by atoms with E-state index in [2.05, 4.69) is 0 Å². The normalized spacial score (nSPS) is 11.4. The Morgan fingerprint density at radius 3 is 2.72 bits per heavy atom. The number of carbonyl (C=O) groups excluding carboxylic acids is 1. The molecule has 0 saturated carbocycles. The van der Waals surface area contributed by atoms with E-state index >= 15 is 0 Å². The van der Waals surface area contributed by atoms with Gasteiger partial charge >= 0.3 is 0 Å². The molecule has 0 N–H and O–H groups in total. The quantitative estimate of drug-likeness (QED) is 0.569. The standard InChI is InChI=1S/C12H15ClO4S/c1-17-6-3-7-18(15,16)9-12(14)10-4-2-5-11(13)8-10/h2,4-5,8H,3,6-7,9H2,1H3. The van der Waals surface area contributed by atoms with E-state index < -0.39 is 21.4 Å². The number of benzene rings is 1. The third-order valence-corrected chi connectivity index (χ3v) is 4.15. The fourth-order valence-electron chi connectivity index (χ4n) is 1.44. The van der Waals surface area contributed by atoms with E-state index in [9.17, 15) is 13.2 Å². The maximum Gasteiger partial charge on any atom is 0.177 e. The zero-order chi connectivity index (χ0) is 13.6. The van der Waals surface area contributed by atoms with Gasteiger partial charge in [-0.3, -0.25) is 4.79 Å². The van der Waals surface area contributed by atoms with E-state index in [1.807, 2.05) is 0 Å². The van der Waals surface area contributed by atoms with E-state index in [-0.39, 0.29) is 5.75 Å². The minimum Gasteiger partial charge on any atom is -0.385 e. The summed E-state index contributed by atoms with van der Waals surface area (Å²) >= 11 is 5.74. The van der Waals surface area contributed by atoms with Gasteiger partial charge < -0.3 is 4.74 Å². The lowest BCUT2D eigenvalue weighted by Crippen LogP contribution is -2.19. The third-order valence-electron chi connectivity index (χ3n) is 2.30. The molecule has 0 bridgehead atoms. The molecule has 1 aromatic rings. The number of sulfone groups is 1. The second-order valence-electron chi connectivity index (χ2n) is 3.87. The van der Waals surface area contributed by atoms with Crippen LogP contribution >= 0.6 is 11.6 Å². The SMILES string of the molecule is COCCCS(=O)(=O)CC(=O)c1cccc(Cl)c1. The minimum atomic E-state index is -3.39. The van der Waals surface area contributed by atoms with Crippen LogP contribution in [0.15, 0.2) is 24.3 Å². The largest absolute Gasteiger partial charge is 0.385 e. The predicted molar refractivity (Wildman–Crippen MR) is 70.9 cm³/mol. The van der Waals surface area contributed by atoms with Crippen LogP contribution in [-0.2, 0) is 14.6 Å². The highest BCUT2D eigenvalue weighted by atomic mass is 35.5. The van der Waals surface area contributed by atoms with Gasteiger partial charge in [0.1, 0.15) is 5.75 Å². The molecule has 0 aliphatic heterocycles. The molecule has 100 valence electrons. The van der Waals surface area contributed by atoms with Gasteiger partial charge in [0, 0.05) is 24.3 Å². The molecule has 1 rings (SSSR count). The van der Waals surface area contributed by atoms with E-state index in [1.165, 1.54) is 13.2 Å². The van der Waals surface area contributed by atoms with Crippen molar-refractivity contribution in [2.75, 3.05) is 25.2 Å². The molecule has 0 aliphatic rings. The maximum absolute atomic E-state index is 11.8. The molecule has 0 aliphatic carbocycles. The van der Waals surface area contributed by atoms with Gasteiger partial charge in [-0.2, -0.15) is 0 Å². The molecule has 0 saturated heterocycles. The summed E-state index contributed by atoms with van der Waals surface area (Å²) in [5, 5.41) is 0.414. The summed E-state index contributed by atoms with van der Waals surface area (Å²) in [6.45, 7) is 0.366. The van der Waals surface area contributed by atoms with Gasteiger partial charge in [-0.1, -0.05) is 23.7 Å². The lowest BCUT2D eigenvalue weighted by Gasteiger charge is -2.04. The van der Waals surface area contributed by atoms with Crippen LogP contribution in [0.5, 0.6) is 0 Å². The topological polar surface area (TPSA) is 60.4 Å². The lowest BCUT2D eigenvalue weighted by atomic mass is 10.1. The molecule has 0 atom stereocenters. The van der Waals surface area contributed by atoms with Crippen LogP contribution in [-0.4, -0.2) is 39.4 Å². The molecular formula is C12H15ClO4S. The number of hydrogen-bond donors (Lipinski definition) is 0. The van der Waals surface area contributed by atoms with Crippen molar-refractivity contribution in [1.29, 1.82) is 0 Å². The number of halogens is 1. The zero-order valence-electron chi connectivity index (χ0n) is 10.1. The number of methoxy groups -OCH3 is 1. The number of rotatable bonds is 7. The van der Waals surface area contributed by atoms with Crippen molar-refractivity contribution in [3.63, 3.8) is 0 Å². The van der Waals surface area contributed by atoms with Gasteiger partial charge in [0.2, 0.25) is 0 Å². The van der Waals surface area contributed by atoms with Gasteiger partial charge in [0.15, 0.2) is 15.6 Å². The Morgan fingerprint density at radius 1 is 1.39 bits per heavy atom. The van der Waals surface area contributed by atoms with Crippen LogP contribution < -0.4 is 0 Å². The Morgan fingerprint density at radius 2 is 2.11 bits per heavy atom. The molecule has 0 amide bonds. The molecule has 0 heterocycles. The van der Waals surface area contributed by atoms with Crippen molar-refractivity contribution in [2.45, 2.75) is 6.42 Å². The number of ketones is 1. The Kier molecular flexibility index (Phi) is 5.78. The summed E-state index contributed by atoms with van der Waals surface area (Å²) in [5.41, 5.74) is 0.317. The fourth-order valence-corrected chi connectivity index (χ4v) is 2.90. The summed E-state index contributed by atoms with van der Waals surface area (Å²) in [5.74, 6) is -0.973. The highest BCUT2D eigenvalue weighted by Gasteiger charge is 2.17. The number of ether oxygens (including phenoxy) is 1. The van der Waals surface area contributed by atoms with Crippen molar-refractivity contribution >= 4 is 27.2 Å². The van der Waals surface area contributed by atoms with Gasteiger partial charge in [0.05, 0.1) is 5.75 Å². The molecule has 0 aromatic heterocycles. The van der Waals surface area contributed by atoms with Crippen LogP contribution in [0, 0.1) is 0 Å². The minimum absolute atomic E-state index is 0.0485. The van der Waals surface area contributed by atoms with Crippen molar-refractivity contribution < 1.29 is 17.9 Å². The predicted octanol–water partition coefficient (Wildman–Crippen LogP) is 1.97. The first kappa shape index (κ1) is 15.1. The van der Waals surface area contributed by atoms with E-state index in [0.717, 1.165) is 0 Å². The van der Waals surface area contributed by atoms with Gasteiger partial charge in [-0.25, -0.2) is 8.42 Å². The molecular weight excluding hydrogens is 276 g/mol. The molecule has 18 heavy (non-hydrogen) atoms.